The van der Waals surface area contributed by atoms with Crippen LogP contribution in [0.1, 0.15) is 26.7 Å². The Labute approximate surface area is 71.9 Å². The number of likely N-dealkylation sites (tertiary alicyclic amines) is 1. The van der Waals surface area contributed by atoms with E-state index < -0.39 is 0 Å². The van der Waals surface area contributed by atoms with Gasteiger partial charge in [0.05, 0.1) is 6.17 Å². The number of nitrogens with one attached hydrogen (secondary N) is 1. The standard InChI is InChI=1S/C8H14N2O2/c1-3-9-6(2)10-7(11)4-5-8(10)12/h6,9H,3-5H2,1-2H3. The van der Waals surface area contributed by atoms with E-state index >= 15 is 0 Å². The van der Waals surface area contributed by atoms with E-state index in [1.54, 1.807) is 0 Å². The second-order valence-electron chi connectivity index (χ2n) is 2.89. The minimum atomic E-state index is -0.155. The number of hydrogen-bond acceptors (Lipinski definition) is 3. The van der Waals surface area contributed by atoms with Crippen LogP contribution in [-0.2, 0) is 9.59 Å². The zero-order valence-electron chi connectivity index (χ0n) is 7.46. The van der Waals surface area contributed by atoms with Crippen LogP contribution in [0.15, 0.2) is 0 Å². The Bertz CT molecular complexity index is 187. The molecule has 0 bridgehead atoms. The molecule has 68 valence electrons. The zero-order valence-corrected chi connectivity index (χ0v) is 7.46. The molecule has 4 heteroatoms. The fourth-order valence-corrected chi connectivity index (χ4v) is 1.41. The monoisotopic (exact) mass is 170 g/mol. The lowest BCUT2D eigenvalue weighted by Crippen LogP contribution is -2.46. The topological polar surface area (TPSA) is 49.4 Å². The Hall–Kier alpha value is -0.900. The van der Waals surface area contributed by atoms with E-state index in [2.05, 4.69) is 5.32 Å². The summed E-state index contributed by atoms with van der Waals surface area (Å²) >= 11 is 0. The molecular weight excluding hydrogens is 156 g/mol. The van der Waals surface area contributed by atoms with E-state index in [0.29, 0.717) is 12.8 Å². The molecule has 1 heterocycles. The summed E-state index contributed by atoms with van der Waals surface area (Å²) in [6, 6.07) is 0. The van der Waals surface area contributed by atoms with Crippen LogP contribution in [0.25, 0.3) is 0 Å². The van der Waals surface area contributed by atoms with Crippen LogP contribution in [0.3, 0.4) is 0 Å². The van der Waals surface area contributed by atoms with Crippen LogP contribution in [0.4, 0.5) is 0 Å². The molecule has 0 aromatic carbocycles. The molecule has 1 N–H and O–H groups in total. The highest BCUT2D eigenvalue weighted by atomic mass is 16.2. The van der Waals surface area contributed by atoms with Crippen LogP contribution in [-0.4, -0.2) is 29.4 Å². The second kappa shape index (κ2) is 3.67. The predicted molar refractivity (Wildman–Crippen MR) is 44.2 cm³/mol. The summed E-state index contributed by atoms with van der Waals surface area (Å²) in [5.41, 5.74) is 0. The van der Waals surface area contributed by atoms with Gasteiger partial charge in [0.2, 0.25) is 11.8 Å². The highest BCUT2D eigenvalue weighted by Gasteiger charge is 2.32. The van der Waals surface area contributed by atoms with Crippen molar-refractivity contribution < 1.29 is 9.59 Å². The van der Waals surface area contributed by atoms with Gasteiger partial charge in [-0.1, -0.05) is 6.92 Å². The molecule has 4 nitrogen and oxygen atoms in total. The quantitative estimate of drug-likeness (QED) is 0.611. The van der Waals surface area contributed by atoms with Crippen LogP contribution >= 0.6 is 0 Å². The van der Waals surface area contributed by atoms with Crippen molar-refractivity contribution in [3.63, 3.8) is 0 Å². The molecule has 0 aliphatic carbocycles. The smallest absolute Gasteiger partial charge is 0.231 e. The van der Waals surface area contributed by atoms with Crippen molar-refractivity contribution in [1.29, 1.82) is 0 Å². The number of nitrogens with zero attached hydrogens (tertiary/aromatic N) is 1. The summed E-state index contributed by atoms with van der Waals surface area (Å²) in [5.74, 6) is -0.123. The molecule has 0 aromatic rings. The van der Waals surface area contributed by atoms with Gasteiger partial charge >= 0.3 is 0 Å². The Balaban J connectivity index is 2.59. The van der Waals surface area contributed by atoms with Gasteiger partial charge < -0.3 is 0 Å². The summed E-state index contributed by atoms with van der Waals surface area (Å²) in [6.07, 6.45) is 0.584. The van der Waals surface area contributed by atoms with Gasteiger partial charge in [0.25, 0.3) is 0 Å². The van der Waals surface area contributed by atoms with Crippen LogP contribution in [0.2, 0.25) is 0 Å². The summed E-state index contributed by atoms with van der Waals surface area (Å²) in [6.45, 7) is 4.53. The normalized spacial score (nSPS) is 20.3. The molecule has 0 saturated carbocycles. The lowest BCUT2D eigenvalue weighted by atomic mass is 10.4. The number of carbonyl (C=O) groups is 2. The first-order chi connectivity index (χ1) is 5.66. The SMILES string of the molecule is CCNC(C)N1C(=O)CCC1=O. The van der Waals surface area contributed by atoms with Gasteiger partial charge in [0, 0.05) is 12.8 Å². The third-order valence-corrected chi connectivity index (χ3v) is 1.98. The van der Waals surface area contributed by atoms with Crippen molar-refractivity contribution in [3.05, 3.63) is 0 Å². The van der Waals surface area contributed by atoms with Crippen molar-refractivity contribution in [2.24, 2.45) is 0 Å². The number of hydrogen-bond donors (Lipinski definition) is 1. The van der Waals surface area contributed by atoms with E-state index in [1.165, 1.54) is 4.90 Å². The molecule has 1 rings (SSSR count). The van der Waals surface area contributed by atoms with Crippen molar-refractivity contribution in [2.75, 3.05) is 6.54 Å². The van der Waals surface area contributed by atoms with Gasteiger partial charge in [-0.3, -0.25) is 19.8 Å². The van der Waals surface area contributed by atoms with E-state index in [0.717, 1.165) is 6.54 Å². The van der Waals surface area contributed by atoms with Gasteiger partial charge in [-0.15, -0.1) is 0 Å². The Kier molecular flexibility index (Phi) is 2.81. The van der Waals surface area contributed by atoms with E-state index in [9.17, 15) is 9.59 Å². The summed E-state index contributed by atoms with van der Waals surface area (Å²) in [7, 11) is 0. The van der Waals surface area contributed by atoms with Gasteiger partial charge in [0.15, 0.2) is 0 Å². The minimum Gasteiger partial charge on any atom is -0.297 e. The van der Waals surface area contributed by atoms with Crippen molar-refractivity contribution in [1.82, 2.24) is 10.2 Å². The molecule has 1 aliphatic heterocycles. The van der Waals surface area contributed by atoms with Gasteiger partial charge in [-0.05, 0) is 13.5 Å². The summed E-state index contributed by atoms with van der Waals surface area (Å²) in [4.78, 5) is 23.6. The Morgan fingerprint density at radius 2 is 1.92 bits per heavy atom. The highest BCUT2D eigenvalue weighted by molar-refractivity contribution is 6.02. The van der Waals surface area contributed by atoms with Gasteiger partial charge in [0.1, 0.15) is 0 Å². The first kappa shape index (κ1) is 9.19. The minimum absolute atomic E-state index is 0.0616. The molecule has 12 heavy (non-hydrogen) atoms. The van der Waals surface area contributed by atoms with Gasteiger partial charge in [-0.25, -0.2) is 0 Å². The fraction of sp³-hybridized carbons (Fsp3) is 0.750. The second-order valence-corrected chi connectivity index (χ2v) is 2.89. The number of amides is 2. The lowest BCUT2D eigenvalue weighted by Gasteiger charge is -2.22. The first-order valence-corrected chi connectivity index (χ1v) is 4.25. The molecule has 2 amide bonds. The van der Waals surface area contributed by atoms with Crippen molar-refractivity contribution in [3.8, 4) is 0 Å². The largest absolute Gasteiger partial charge is 0.297 e. The third kappa shape index (κ3) is 1.64. The maximum Gasteiger partial charge on any atom is 0.231 e. The maximum atomic E-state index is 11.2. The average Bonchev–Trinajstić information content (AvgIpc) is 2.32. The van der Waals surface area contributed by atoms with E-state index in [4.69, 9.17) is 0 Å². The highest BCUT2D eigenvalue weighted by Crippen LogP contribution is 2.13. The number of carbonyl (C=O) groups excluding carboxylic acids is 2. The molecule has 1 atom stereocenters. The molecule has 0 radical (unpaired) electrons. The molecule has 1 aliphatic rings. The van der Waals surface area contributed by atoms with Crippen LogP contribution in [0, 0.1) is 0 Å². The Morgan fingerprint density at radius 1 is 1.42 bits per heavy atom. The predicted octanol–water partition coefficient (Wildman–Crippen LogP) is 0.0909. The molecule has 1 fully saturated rings. The van der Waals surface area contributed by atoms with Gasteiger partial charge in [-0.2, -0.15) is 0 Å². The molecule has 1 unspecified atom stereocenters. The fourth-order valence-electron chi connectivity index (χ4n) is 1.41. The Morgan fingerprint density at radius 3 is 2.33 bits per heavy atom. The van der Waals surface area contributed by atoms with E-state index in [1.807, 2.05) is 13.8 Å². The average molecular weight is 170 g/mol. The summed E-state index contributed by atoms with van der Waals surface area (Å²) < 4.78 is 0. The van der Waals surface area contributed by atoms with E-state index in [-0.39, 0.29) is 18.0 Å². The molecular formula is C8H14N2O2. The summed E-state index contributed by atoms with van der Waals surface area (Å²) in [5, 5.41) is 3.03. The third-order valence-electron chi connectivity index (χ3n) is 1.98. The first-order valence-electron chi connectivity index (χ1n) is 4.25. The maximum absolute atomic E-state index is 11.2. The van der Waals surface area contributed by atoms with Crippen molar-refractivity contribution in [2.45, 2.75) is 32.9 Å². The number of rotatable bonds is 3. The van der Waals surface area contributed by atoms with Crippen molar-refractivity contribution >= 4 is 11.8 Å². The zero-order chi connectivity index (χ0) is 9.14. The van der Waals surface area contributed by atoms with Crippen LogP contribution < -0.4 is 5.32 Å². The molecule has 1 saturated heterocycles. The lowest BCUT2D eigenvalue weighted by molar-refractivity contribution is -0.141. The molecule has 0 spiro atoms. The van der Waals surface area contributed by atoms with Crippen LogP contribution in [0.5, 0.6) is 0 Å². The molecule has 0 aromatic heterocycles. The number of imide groups is 1.